The first kappa shape index (κ1) is 17.0. The van der Waals surface area contributed by atoms with E-state index in [1.165, 1.54) is 16.9 Å². The number of hydrogen-bond donors (Lipinski definition) is 1. The molecule has 6 heteroatoms. The fraction of sp³-hybridized carbons (Fsp3) is 0.333. The van der Waals surface area contributed by atoms with Crippen LogP contribution in [0.4, 0.5) is 5.00 Å². The summed E-state index contributed by atoms with van der Waals surface area (Å²) >= 11 is 3.02. The number of ether oxygens (including phenoxy) is 1. The van der Waals surface area contributed by atoms with Gasteiger partial charge in [0, 0.05) is 9.77 Å². The quantitative estimate of drug-likeness (QED) is 0.813. The first-order valence-corrected chi connectivity index (χ1v) is 9.67. The van der Waals surface area contributed by atoms with Gasteiger partial charge >= 0.3 is 5.97 Å². The maximum absolute atomic E-state index is 12.6. The molecule has 0 aliphatic carbocycles. The van der Waals surface area contributed by atoms with Crippen molar-refractivity contribution in [2.24, 2.45) is 0 Å². The number of hydrogen-bond acceptors (Lipinski definition) is 5. The number of thiophene rings is 1. The lowest BCUT2D eigenvalue weighted by Crippen LogP contribution is -2.25. The van der Waals surface area contributed by atoms with Crippen LogP contribution >= 0.6 is 23.1 Å². The molecule has 1 N–H and O–H groups in total. The van der Waals surface area contributed by atoms with Crippen LogP contribution in [0, 0.1) is 0 Å². The van der Waals surface area contributed by atoms with E-state index in [1.807, 2.05) is 31.2 Å². The largest absolute Gasteiger partial charge is 0.462 e. The Morgan fingerprint density at radius 2 is 2.08 bits per heavy atom. The lowest BCUT2D eigenvalue weighted by molar-refractivity contribution is -0.115. The molecule has 0 saturated carbocycles. The number of fused-ring (bicyclic) bond motifs is 1. The summed E-state index contributed by atoms with van der Waals surface area (Å²) in [5, 5.41) is 3.37. The summed E-state index contributed by atoms with van der Waals surface area (Å²) in [5.74, 6) is -0.447. The van der Waals surface area contributed by atoms with E-state index in [0.29, 0.717) is 23.6 Å². The van der Waals surface area contributed by atoms with Crippen molar-refractivity contribution < 1.29 is 14.3 Å². The third kappa shape index (κ3) is 3.49. The highest BCUT2D eigenvalue weighted by Crippen LogP contribution is 2.38. The topological polar surface area (TPSA) is 55.4 Å². The summed E-state index contributed by atoms with van der Waals surface area (Å²) in [6, 6.07) is 9.88. The number of benzene rings is 1. The van der Waals surface area contributed by atoms with Crippen LogP contribution in [0.3, 0.4) is 0 Å². The first-order valence-electron chi connectivity index (χ1n) is 7.97. The summed E-state index contributed by atoms with van der Waals surface area (Å²) in [4.78, 5) is 26.9. The van der Waals surface area contributed by atoms with Crippen molar-refractivity contribution in [3.8, 4) is 0 Å². The second-order valence-corrected chi connectivity index (χ2v) is 7.82. The average molecular weight is 361 g/mol. The molecule has 2 heterocycles. The molecule has 1 aliphatic rings. The SMILES string of the molecule is CCOC(=O)c1cc(CC)sc1NC(=O)C1Cc2ccccc2S1. The van der Waals surface area contributed by atoms with Crippen molar-refractivity contribution in [3.63, 3.8) is 0 Å². The molecule has 0 radical (unpaired) electrons. The minimum absolute atomic E-state index is 0.0637. The molecule has 0 bridgehead atoms. The van der Waals surface area contributed by atoms with Crippen LogP contribution in [0.15, 0.2) is 35.2 Å². The van der Waals surface area contributed by atoms with Crippen molar-refractivity contribution in [1.82, 2.24) is 0 Å². The van der Waals surface area contributed by atoms with Crippen molar-refractivity contribution in [1.29, 1.82) is 0 Å². The lowest BCUT2D eigenvalue weighted by atomic mass is 10.1. The van der Waals surface area contributed by atoms with Crippen LogP contribution in [-0.2, 0) is 22.4 Å². The van der Waals surface area contributed by atoms with Crippen molar-refractivity contribution in [3.05, 3.63) is 46.3 Å². The molecule has 1 unspecified atom stereocenters. The smallest absolute Gasteiger partial charge is 0.341 e. The zero-order valence-corrected chi connectivity index (χ0v) is 15.3. The van der Waals surface area contributed by atoms with Gasteiger partial charge in [0.1, 0.15) is 5.00 Å². The number of esters is 1. The van der Waals surface area contributed by atoms with Gasteiger partial charge in [-0.3, -0.25) is 4.79 Å². The summed E-state index contributed by atoms with van der Waals surface area (Å²) < 4.78 is 5.10. The molecule has 1 amide bonds. The Morgan fingerprint density at radius 3 is 2.79 bits per heavy atom. The van der Waals surface area contributed by atoms with Crippen molar-refractivity contribution >= 4 is 40.0 Å². The Bertz CT molecular complexity index is 744. The van der Waals surface area contributed by atoms with Gasteiger partial charge in [-0.1, -0.05) is 25.1 Å². The summed E-state index contributed by atoms with van der Waals surface area (Å²) in [5.41, 5.74) is 1.65. The highest BCUT2D eigenvalue weighted by atomic mass is 32.2. The minimum Gasteiger partial charge on any atom is -0.462 e. The van der Waals surface area contributed by atoms with Crippen LogP contribution in [0.25, 0.3) is 0 Å². The van der Waals surface area contributed by atoms with Gasteiger partial charge < -0.3 is 10.1 Å². The molecule has 1 aromatic carbocycles. The number of nitrogens with one attached hydrogen (secondary N) is 1. The predicted octanol–water partition coefficient (Wildman–Crippen LogP) is 4.14. The maximum atomic E-state index is 12.6. The summed E-state index contributed by atoms with van der Waals surface area (Å²) in [7, 11) is 0. The molecule has 1 aromatic heterocycles. The Morgan fingerprint density at radius 1 is 1.29 bits per heavy atom. The van der Waals surface area contributed by atoms with Crippen molar-refractivity contribution in [2.45, 2.75) is 36.8 Å². The average Bonchev–Trinajstić information content (AvgIpc) is 3.18. The number of anilines is 1. The van der Waals surface area contributed by atoms with Gasteiger partial charge in [0.05, 0.1) is 17.4 Å². The summed E-state index contributed by atoms with van der Waals surface area (Å²) in [6.07, 6.45) is 1.53. The van der Waals surface area contributed by atoms with Gasteiger partial charge in [0.15, 0.2) is 0 Å². The molecule has 0 spiro atoms. The third-order valence-corrected chi connectivity index (χ3v) is 6.32. The number of carbonyl (C=O) groups is 2. The van der Waals surface area contributed by atoms with Crippen LogP contribution in [0.1, 0.15) is 34.6 Å². The van der Waals surface area contributed by atoms with E-state index in [9.17, 15) is 9.59 Å². The molecular weight excluding hydrogens is 342 g/mol. The van der Waals surface area contributed by atoms with Gasteiger partial charge in [-0.25, -0.2) is 4.79 Å². The molecule has 24 heavy (non-hydrogen) atoms. The van der Waals surface area contributed by atoms with Crippen LogP contribution in [-0.4, -0.2) is 23.7 Å². The van der Waals surface area contributed by atoms with E-state index in [4.69, 9.17) is 4.74 Å². The molecule has 126 valence electrons. The predicted molar refractivity (Wildman–Crippen MR) is 98.1 cm³/mol. The second-order valence-electron chi connectivity index (χ2n) is 5.44. The fourth-order valence-electron chi connectivity index (χ4n) is 2.59. The van der Waals surface area contributed by atoms with Gasteiger partial charge in [-0.15, -0.1) is 23.1 Å². The lowest BCUT2D eigenvalue weighted by Gasteiger charge is -2.10. The normalized spacial score (nSPS) is 15.8. The van der Waals surface area contributed by atoms with E-state index < -0.39 is 0 Å². The zero-order valence-electron chi connectivity index (χ0n) is 13.6. The third-order valence-electron chi connectivity index (χ3n) is 3.80. The monoisotopic (exact) mass is 361 g/mol. The Balaban J connectivity index is 1.75. The number of aryl methyl sites for hydroxylation is 1. The van der Waals surface area contributed by atoms with Crippen LogP contribution < -0.4 is 5.32 Å². The first-order chi connectivity index (χ1) is 11.6. The van der Waals surface area contributed by atoms with Gasteiger partial charge in [-0.2, -0.15) is 0 Å². The van der Waals surface area contributed by atoms with Gasteiger partial charge in [-0.05, 0) is 37.5 Å². The van der Waals surface area contributed by atoms with E-state index >= 15 is 0 Å². The number of thioether (sulfide) groups is 1. The molecule has 1 aliphatic heterocycles. The second kappa shape index (κ2) is 7.40. The molecule has 0 fully saturated rings. The standard InChI is InChI=1S/C18H19NO3S2/c1-3-12-10-13(18(21)22-4-2)17(23-12)19-16(20)15-9-11-7-5-6-8-14(11)24-15/h5-8,10,15H,3-4,9H2,1-2H3,(H,19,20). The molecular formula is C18H19NO3S2. The molecule has 3 rings (SSSR count). The number of rotatable bonds is 5. The highest BCUT2D eigenvalue weighted by molar-refractivity contribution is 8.01. The van der Waals surface area contributed by atoms with Crippen LogP contribution in [0.2, 0.25) is 0 Å². The van der Waals surface area contributed by atoms with Crippen LogP contribution in [0.5, 0.6) is 0 Å². The maximum Gasteiger partial charge on any atom is 0.341 e. The fourth-order valence-corrected chi connectivity index (χ4v) is 4.77. The van der Waals surface area contributed by atoms with E-state index in [1.54, 1.807) is 18.7 Å². The Hall–Kier alpha value is -1.79. The Labute approximate surface area is 149 Å². The molecule has 4 nitrogen and oxygen atoms in total. The minimum atomic E-state index is -0.383. The van der Waals surface area contributed by atoms with Gasteiger partial charge in [0.2, 0.25) is 5.91 Å². The van der Waals surface area contributed by atoms with Gasteiger partial charge in [0.25, 0.3) is 0 Å². The van der Waals surface area contributed by atoms with Crippen molar-refractivity contribution in [2.75, 3.05) is 11.9 Å². The summed E-state index contributed by atoms with van der Waals surface area (Å²) in [6.45, 7) is 4.11. The number of carbonyl (C=O) groups excluding carboxylic acids is 2. The zero-order chi connectivity index (χ0) is 17.1. The van der Waals surface area contributed by atoms with E-state index in [-0.39, 0.29) is 17.1 Å². The van der Waals surface area contributed by atoms with E-state index in [0.717, 1.165) is 16.2 Å². The highest BCUT2D eigenvalue weighted by Gasteiger charge is 2.29. The number of amides is 1. The molecule has 0 saturated heterocycles. The van der Waals surface area contributed by atoms with E-state index in [2.05, 4.69) is 11.4 Å². The Kier molecular flexibility index (Phi) is 5.26. The molecule has 1 atom stereocenters. The molecule has 2 aromatic rings.